The Morgan fingerprint density at radius 1 is 0.609 bits per heavy atom. The lowest BCUT2D eigenvalue weighted by Crippen LogP contribution is -2.25. The number of nitrogens with zero attached hydrogens (tertiary/aromatic N) is 1. The van der Waals surface area contributed by atoms with Gasteiger partial charge in [0, 0.05) is 0 Å². The number of hydrogen-bond donors (Lipinski definition) is 0. The largest absolute Gasteiger partial charge is 0.304 e. The maximum absolute atomic E-state index is 2.61. The van der Waals surface area contributed by atoms with E-state index in [9.17, 15) is 0 Å². The van der Waals surface area contributed by atoms with E-state index in [0.717, 1.165) is 0 Å². The highest BCUT2D eigenvalue weighted by atomic mass is 15.1. The Morgan fingerprint density at radius 3 is 1.43 bits per heavy atom. The summed E-state index contributed by atoms with van der Waals surface area (Å²) in [6.45, 7) is 5.95. The maximum Gasteiger partial charge on any atom is -0.00187 e. The zero-order chi connectivity index (χ0) is 16.2. The van der Waals surface area contributed by atoms with Crippen molar-refractivity contribution in [2.45, 2.75) is 45.4 Å². The molecule has 1 nitrogen and oxygen atoms in total. The van der Waals surface area contributed by atoms with Crippen molar-refractivity contribution in [1.82, 2.24) is 4.90 Å². The second-order valence-corrected chi connectivity index (χ2v) is 6.32. The van der Waals surface area contributed by atoms with E-state index < -0.39 is 0 Å². The summed E-state index contributed by atoms with van der Waals surface area (Å²) >= 11 is 0. The van der Waals surface area contributed by atoms with Gasteiger partial charge >= 0.3 is 0 Å². The zero-order valence-electron chi connectivity index (χ0n) is 14.6. The molecule has 0 heterocycles. The Morgan fingerprint density at radius 2 is 1.04 bits per heavy atom. The quantitative estimate of drug-likeness (QED) is 0.505. The second-order valence-electron chi connectivity index (χ2n) is 6.32. The number of unbranched alkanes of at least 4 members (excludes halogenated alkanes) is 2. The molecule has 0 N–H and O–H groups in total. The van der Waals surface area contributed by atoms with Crippen LogP contribution in [-0.2, 0) is 12.8 Å². The second kappa shape index (κ2) is 11.0. The van der Waals surface area contributed by atoms with Crippen LogP contribution in [0.2, 0.25) is 0 Å². The number of rotatable bonds is 11. The molecule has 0 aliphatic heterocycles. The van der Waals surface area contributed by atoms with Crippen molar-refractivity contribution >= 4 is 0 Å². The first-order valence-corrected chi connectivity index (χ1v) is 9.18. The predicted octanol–water partition coefficient (Wildman–Crippen LogP) is 5.35. The predicted molar refractivity (Wildman–Crippen MR) is 101 cm³/mol. The van der Waals surface area contributed by atoms with Gasteiger partial charge in [0.05, 0.1) is 0 Å². The van der Waals surface area contributed by atoms with Gasteiger partial charge < -0.3 is 4.90 Å². The Hall–Kier alpha value is -1.60. The van der Waals surface area contributed by atoms with Gasteiger partial charge in [0.15, 0.2) is 0 Å². The monoisotopic (exact) mass is 309 g/mol. The molecule has 0 saturated carbocycles. The van der Waals surface area contributed by atoms with Crippen molar-refractivity contribution in [3.05, 3.63) is 71.8 Å². The van der Waals surface area contributed by atoms with E-state index >= 15 is 0 Å². The third kappa shape index (κ3) is 7.47. The molecule has 0 atom stereocenters. The van der Waals surface area contributed by atoms with E-state index in [1.165, 1.54) is 69.3 Å². The molecule has 0 amide bonds. The third-order valence-corrected chi connectivity index (χ3v) is 4.51. The minimum absolute atomic E-state index is 1.18. The Labute approximate surface area is 142 Å². The van der Waals surface area contributed by atoms with Crippen molar-refractivity contribution in [2.75, 3.05) is 19.6 Å². The summed E-state index contributed by atoms with van der Waals surface area (Å²) in [4.78, 5) is 2.61. The Balaban J connectivity index is 1.54. The van der Waals surface area contributed by atoms with Gasteiger partial charge in [-0.05, 0) is 69.3 Å². The average Bonchev–Trinajstić information content (AvgIpc) is 2.62. The summed E-state index contributed by atoms with van der Waals surface area (Å²) in [7, 11) is 0. The first-order chi connectivity index (χ1) is 11.4. The first kappa shape index (κ1) is 17.7. The normalized spacial score (nSPS) is 11.0. The van der Waals surface area contributed by atoms with Crippen LogP contribution in [0.25, 0.3) is 0 Å². The minimum atomic E-state index is 1.18. The van der Waals surface area contributed by atoms with Crippen molar-refractivity contribution in [3.8, 4) is 0 Å². The molecule has 0 fully saturated rings. The summed E-state index contributed by atoms with van der Waals surface area (Å²) in [5.74, 6) is 0. The lowest BCUT2D eigenvalue weighted by Gasteiger charge is -2.20. The highest BCUT2D eigenvalue weighted by Gasteiger charge is 2.02. The molecule has 0 bridgehead atoms. The fraction of sp³-hybridized carbons (Fsp3) is 0.455. The van der Waals surface area contributed by atoms with Crippen molar-refractivity contribution < 1.29 is 0 Å². The van der Waals surface area contributed by atoms with Gasteiger partial charge in [0.25, 0.3) is 0 Å². The highest BCUT2D eigenvalue weighted by Crippen LogP contribution is 2.08. The molecule has 2 aromatic rings. The SMILES string of the molecule is CCN(CCCCc1ccccc1)CCCCc1ccccc1. The standard InChI is InChI=1S/C22H31N/c1-2-23(19-11-9-17-21-13-5-3-6-14-21)20-12-10-18-22-15-7-4-8-16-22/h3-8,13-16H,2,9-12,17-20H2,1H3. The highest BCUT2D eigenvalue weighted by molar-refractivity contribution is 5.15. The summed E-state index contributed by atoms with van der Waals surface area (Å²) in [5, 5.41) is 0. The van der Waals surface area contributed by atoms with Crippen LogP contribution in [0.4, 0.5) is 0 Å². The van der Waals surface area contributed by atoms with E-state index in [1.54, 1.807) is 0 Å². The molecule has 0 unspecified atom stereocenters. The number of benzene rings is 2. The lowest BCUT2D eigenvalue weighted by atomic mass is 10.1. The van der Waals surface area contributed by atoms with Crippen LogP contribution in [-0.4, -0.2) is 24.5 Å². The van der Waals surface area contributed by atoms with Crippen LogP contribution in [0, 0.1) is 0 Å². The fourth-order valence-corrected chi connectivity index (χ4v) is 3.05. The van der Waals surface area contributed by atoms with Gasteiger partial charge in [-0.1, -0.05) is 67.6 Å². The van der Waals surface area contributed by atoms with Gasteiger partial charge in [0.2, 0.25) is 0 Å². The van der Waals surface area contributed by atoms with Crippen molar-refractivity contribution in [3.63, 3.8) is 0 Å². The molecular weight excluding hydrogens is 278 g/mol. The molecule has 2 aromatic carbocycles. The van der Waals surface area contributed by atoms with E-state index in [-0.39, 0.29) is 0 Å². The smallest absolute Gasteiger partial charge is 0.00187 e. The summed E-state index contributed by atoms with van der Waals surface area (Å²) < 4.78 is 0. The van der Waals surface area contributed by atoms with Gasteiger partial charge in [-0.3, -0.25) is 0 Å². The molecule has 0 aromatic heterocycles. The molecule has 124 valence electrons. The topological polar surface area (TPSA) is 3.24 Å². The van der Waals surface area contributed by atoms with Crippen LogP contribution < -0.4 is 0 Å². The van der Waals surface area contributed by atoms with Crippen molar-refractivity contribution in [2.24, 2.45) is 0 Å². The van der Waals surface area contributed by atoms with Gasteiger partial charge in [-0.2, -0.15) is 0 Å². The van der Waals surface area contributed by atoms with E-state index in [1.807, 2.05) is 0 Å². The van der Waals surface area contributed by atoms with E-state index in [0.29, 0.717) is 0 Å². The summed E-state index contributed by atoms with van der Waals surface area (Å²) in [6, 6.07) is 21.7. The maximum atomic E-state index is 2.61. The fourth-order valence-electron chi connectivity index (χ4n) is 3.05. The molecule has 0 aliphatic carbocycles. The molecular formula is C22H31N. The van der Waals surface area contributed by atoms with Crippen molar-refractivity contribution in [1.29, 1.82) is 0 Å². The minimum Gasteiger partial charge on any atom is -0.304 e. The van der Waals surface area contributed by atoms with Gasteiger partial charge in [-0.15, -0.1) is 0 Å². The van der Waals surface area contributed by atoms with Gasteiger partial charge in [0.1, 0.15) is 0 Å². The zero-order valence-corrected chi connectivity index (χ0v) is 14.6. The summed E-state index contributed by atoms with van der Waals surface area (Å²) in [5.41, 5.74) is 2.94. The average molecular weight is 309 g/mol. The Kier molecular flexibility index (Phi) is 8.50. The van der Waals surface area contributed by atoms with E-state index in [4.69, 9.17) is 0 Å². The number of aryl methyl sites for hydroxylation is 2. The van der Waals surface area contributed by atoms with Crippen LogP contribution in [0.1, 0.15) is 43.7 Å². The molecule has 0 spiro atoms. The molecule has 2 rings (SSSR count). The van der Waals surface area contributed by atoms with E-state index in [2.05, 4.69) is 72.5 Å². The molecule has 0 saturated heterocycles. The van der Waals surface area contributed by atoms with Crippen LogP contribution in [0.15, 0.2) is 60.7 Å². The van der Waals surface area contributed by atoms with Gasteiger partial charge in [-0.25, -0.2) is 0 Å². The van der Waals surface area contributed by atoms with Crippen LogP contribution >= 0.6 is 0 Å². The lowest BCUT2D eigenvalue weighted by molar-refractivity contribution is 0.276. The third-order valence-electron chi connectivity index (χ3n) is 4.51. The Bertz CT molecular complexity index is 459. The molecule has 0 radical (unpaired) electrons. The molecule has 1 heteroatoms. The van der Waals surface area contributed by atoms with Crippen LogP contribution in [0.3, 0.4) is 0 Å². The molecule has 23 heavy (non-hydrogen) atoms. The molecule has 0 aliphatic rings. The first-order valence-electron chi connectivity index (χ1n) is 9.18. The van der Waals surface area contributed by atoms with Crippen LogP contribution in [0.5, 0.6) is 0 Å². The number of hydrogen-bond acceptors (Lipinski definition) is 1. The summed E-state index contributed by atoms with van der Waals surface area (Å²) in [6.07, 6.45) is 7.64.